The van der Waals surface area contributed by atoms with Gasteiger partial charge >= 0.3 is 0 Å². The van der Waals surface area contributed by atoms with Crippen LogP contribution in [-0.2, 0) is 19.3 Å². The van der Waals surface area contributed by atoms with Crippen molar-refractivity contribution < 1.29 is 9.21 Å². The fraction of sp³-hybridized carbons (Fsp3) is 0.381. The molecule has 4 rings (SSSR count). The highest BCUT2D eigenvalue weighted by Crippen LogP contribution is 2.30. The van der Waals surface area contributed by atoms with E-state index in [4.69, 9.17) is 4.42 Å². The Hall–Kier alpha value is -2.49. The third kappa shape index (κ3) is 3.21. The number of carbonyl (C=O) groups is 1. The van der Waals surface area contributed by atoms with Gasteiger partial charge in [0, 0.05) is 23.5 Å². The summed E-state index contributed by atoms with van der Waals surface area (Å²) in [4.78, 5) is 16.3. The Morgan fingerprint density at radius 1 is 1.24 bits per heavy atom. The van der Waals surface area contributed by atoms with Crippen molar-refractivity contribution in [1.29, 1.82) is 0 Å². The van der Waals surface area contributed by atoms with Gasteiger partial charge in [0.25, 0.3) is 5.91 Å². The second-order valence-corrected chi connectivity index (χ2v) is 7.01. The maximum atomic E-state index is 12.8. The van der Waals surface area contributed by atoms with Crippen LogP contribution in [0.1, 0.15) is 53.6 Å². The van der Waals surface area contributed by atoms with Crippen LogP contribution < -0.4 is 5.32 Å². The first-order valence-corrected chi connectivity index (χ1v) is 9.18. The van der Waals surface area contributed by atoms with Gasteiger partial charge in [0.1, 0.15) is 5.76 Å². The molecule has 2 heterocycles. The number of aromatic amines is 1. The number of hydrogen-bond acceptors (Lipinski definition) is 2. The van der Waals surface area contributed by atoms with Crippen LogP contribution in [0.3, 0.4) is 0 Å². The van der Waals surface area contributed by atoms with Crippen molar-refractivity contribution in [3.8, 4) is 0 Å². The fourth-order valence-corrected chi connectivity index (χ4v) is 3.81. The Morgan fingerprint density at radius 2 is 2.12 bits per heavy atom. The van der Waals surface area contributed by atoms with Crippen molar-refractivity contribution in [2.45, 2.75) is 51.5 Å². The van der Waals surface area contributed by atoms with Gasteiger partial charge in [-0.1, -0.05) is 12.1 Å². The van der Waals surface area contributed by atoms with Crippen LogP contribution in [0.5, 0.6) is 0 Å². The average Bonchev–Trinajstić information content (AvgIpc) is 3.27. The first-order chi connectivity index (χ1) is 12.2. The molecule has 1 atom stereocenters. The van der Waals surface area contributed by atoms with Crippen LogP contribution in [-0.4, -0.2) is 16.9 Å². The predicted molar refractivity (Wildman–Crippen MR) is 98.9 cm³/mol. The summed E-state index contributed by atoms with van der Waals surface area (Å²) in [6.07, 6.45) is 8.04. The number of fused-ring (bicyclic) bond motifs is 3. The van der Waals surface area contributed by atoms with Crippen molar-refractivity contribution in [2.75, 3.05) is 0 Å². The smallest absolute Gasteiger partial charge is 0.253 e. The molecule has 25 heavy (non-hydrogen) atoms. The van der Waals surface area contributed by atoms with Gasteiger partial charge in [-0.05, 0) is 62.8 Å². The number of rotatable bonds is 5. The Bertz CT molecular complexity index is 877. The minimum atomic E-state index is -0.00357. The number of H-pyrrole nitrogens is 1. The predicted octanol–water partition coefficient (Wildman–Crippen LogP) is 4.39. The number of aryl methyl sites for hydroxylation is 3. The third-order valence-electron chi connectivity index (χ3n) is 5.16. The van der Waals surface area contributed by atoms with E-state index in [0.29, 0.717) is 0 Å². The Kier molecular flexibility index (Phi) is 4.35. The van der Waals surface area contributed by atoms with Gasteiger partial charge in [0.15, 0.2) is 0 Å². The summed E-state index contributed by atoms with van der Waals surface area (Å²) in [7, 11) is 0. The first-order valence-electron chi connectivity index (χ1n) is 9.18. The molecule has 0 radical (unpaired) electrons. The van der Waals surface area contributed by atoms with Crippen LogP contribution in [0, 0.1) is 0 Å². The zero-order valence-electron chi connectivity index (χ0n) is 14.6. The molecule has 0 bridgehead atoms. The lowest BCUT2D eigenvalue weighted by atomic mass is 9.95. The largest absolute Gasteiger partial charge is 0.469 e. The van der Waals surface area contributed by atoms with E-state index in [0.717, 1.165) is 42.5 Å². The van der Waals surface area contributed by atoms with Gasteiger partial charge < -0.3 is 14.7 Å². The molecule has 0 saturated heterocycles. The van der Waals surface area contributed by atoms with Crippen molar-refractivity contribution in [1.82, 2.24) is 10.3 Å². The van der Waals surface area contributed by atoms with Crippen LogP contribution >= 0.6 is 0 Å². The molecule has 1 aromatic carbocycles. The number of para-hydroxylation sites is 1. The van der Waals surface area contributed by atoms with E-state index < -0.39 is 0 Å². The van der Waals surface area contributed by atoms with Gasteiger partial charge in [-0.25, -0.2) is 0 Å². The molecular weight excluding hydrogens is 312 g/mol. The van der Waals surface area contributed by atoms with Crippen molar-refractivity contribution in [3.05, 3.63) is 59.2 Å². The molecule has 4 heteroatoms. The summed E-state index contributed by atoms with van der Waals surface area (Å²) >= 11 is 0. The van der Waals surface area contributed by atoms with Gasteiger partial charge in [0.05, 0.1) is 17.3 Å². The summed E-state index contributed by atoms with van der Waals surface area (Å²) < 4.78 is 5.36. The summed E-state index contributed by atoms with van der Waals surface area (Å²) in [5, 5.41) is 4.34. The van der Waals surface area contributed by atoms with E-state index in [1.54, 1.807) is 6.26 Å². The average molecular weight is 336 g/mol. The normalized spacial score (nSPS) is 15.1. The van der Waals surface area contributed by atoms with Crippen LogP contribution in [0.15, 0.2) is 41.0 Å². The topological polar surface area (TPSA) is 58.0 Å². The molecule has 0 unspecified atom stereocenters. The Labute approximate surface area is 147 Å². The standard InChI is InChI=1S/C21H24N2O2/c1-14(11-12-15-6-5-13-25-15)22-21(24)18-9-4-8-17-16-7-2-3-10-19(16)23-20(17)18/h4-6,8-9,13-14,23H,2-3,7,10-12H2,1H3,(H,22,24)/t14-/m1/s1. The van der Waals surface area contributed by atoms with E-state index in [9.17, 15) is 4.79 Å². The molecule has 2 aromatic heterocycles. The van der Waals surface area contributed by atoms with E-state index in [1.807, 2.05) is 31.2 Å². The first kappa shape index (κ1) is 16.0. The maximum Gasteiger partial charge on any atom is 0.253 e. The highest BCUT2D eigenvalue weighted by Gasteiger charge is 2.20. The van der Waals surface area contributed by atoms with Gasteiger partial charge in [0.2, 0.25) is 0 Å². The number of nitrogens with one attached hydrogen (secondary N) is 2. The SMILES string of the molecule is C[C@H](CCc1ccco1)NC(=O)c1cccc2c3c([nH]c12)CCCC3. The lowest BCUT2D eigenvalue weighted by molar-refractivity contribution is 0.0939. The minimum absolute atomic E-state index is 0.00357. The lowest BCUT2D eigenvalue weighted by Crippen LogP contribution is -2.33. The number of benzene rings is 1. The molecule has 3 aromatic rings. The van der Waals surface area contributed by atoms with Crippen LogP contribution in [0.2, 0.25) is 0 Å². The summed E-state index contributed by atoms with van der Waals surface area (Å²) in [5.74, 6) is 0.955. The quantitative estimate of drug-likeness (QED) is 0.726. The Balaban J connectivity index is 1.50. The molecule has 1 amide bonds. The molecule has 4 nitrogen and oxygen atoms in total. The number of amides is 1. The third-order valence-corrected chi connectivity index (χ3v) is 5.16. The fourth-order valence-electron chi connectivity index (χ4n) is 3.81. The number of furan rings is 1. The zero-order chi connectivity index (χ0) is 17.2. The van der Waals surface area contributed by atoms with Gasteiger partial charge in [-0.15, -0.1) is 0 Å². The van der Waals surface area contributed by atoms with E-state index in [1.165, 1.54) is 29.5 Å². The van der Waals surface area contributed by atoms with E-state index in [2.05, 4.69) is 16.4 Å². The van der Waals surface area contributed by atoms with Crippen molar-refractivity contribution in [3.63, 3.8) is 0 Å². The summed E-state index contributed by atoms with van der Waals surface area (Å²) in [6.45, 7) is 2.04. The highest BCUT2D eigenvalue weighted by atomic mass is 16.3. The van der Waals surface area contributed by atoms with Crippen LogP contribution in [0.25, 0.3) is 10.9 Å². The van der Waals surface area contributed by atoms with Gasteiger partial charge in [-0.2, -0.15) is 0 Å². The maximum absolute atomic E-state index is 12.8. The molecule has 0 aliphatic heterocycles. The molecule has 2 N–H and O–H groups in total. The summed E-state index contributed by atoms with van der Waals surface area (Å²) in [6, 6.07) is 10.0. The minimum Gasteiger partial charge on any atom is -0.469 e. The van der Waals surface area contributed by atoms with Crippen molar-refractivity contribution >= 4 is 16.8 Å². The second kappa shape index (κ2) is 6.79. The molecule has 1 aliphatic carbocycles. The molecule has 0 fully saturated rings. The highest BCUT2D eigenvalue weighted by molar-refractivity contribution is 6.06. The molecule has 0 spiro atoms. The molecule has 0 saturated carbocycles. The number of hydrogen-bond donors (Lipinski definition) is 2. The number of aromatic nitrogens is 1. The van der Waals surface area contributed by atoms with E-state index >= 15 is 0 Å². The lowest BCUT2D eigenvalue weighted by Gasteiger charge is -2.13. The molecule has 130 valence electrons. The van der Waals surface area contributed by atoms with Crippen LogP contribution in [0.4, 0.5) is 0 Å². The van der Waals surface area contributed by atoms with Crippen molar-refractivity contribution in [2.24, 2.45) is 0 Å². The second-order valence-electron chi connectivity index (χ2n) is 7.01. The Morgan fingerprint density at radius 3 is 2.96 bits per heavy atom. The zero-order valence-corrected chi connectivity index (χ0v) is 14.6. The van der Waals surface area contributed by atoms with E-state index in [-0.39, 0.29) is 11.9 Å². The van der Waals surface area contributed by atoms with Gasteiger partial charge in [-0.3, -0.25) is 4.79 Å². The summed E-state index contributed by atoms with van der Waals surface area (Å²) in [5.41, 5.74) is 4.45. The number of carbonyl (C=O) groups excluding carboxylic acids is 1. The monoisotopic (exact) mass is 336 g/mol. The molecule has 1 aliphatic rings. The molecular formula is C21H24N2O2.